The Bertz CT molecular complexity index is 712. The van der Waals surface area contributed by atoms with Crippen LogP contribution in [0, 0.1) is 11.8 Å². The molecule has 0 atom stereocenters. The quantitative estimate of drug-likeness (QED) is 0.846. The van der Waals surface area contributed by atoms with Crippen molar-refractivity contribution in [3.63, 3.8) is 0 Å². The van der Waals surface area contributed by atoms with Crippen LogP contribution in [0.4, 0.5) is 13.2 Å². The van der Waals surface area contributed by atoms with Crippen molar-refractivity contribution in [2.24, 2.45) is 0 Å². The van der Waals surface area contributed by atoms with Crippen LogP contribution >= 0.6 is 0 Å². The van der Waals surface area contributed by atoms with Crippen LogP contribution in [-0.4, -0.2) is 12.5 Å². The van der Waals surface area contributed by atoms with E-state index in [1.54, 1.807) is 12.1 Å². The van der Waals surface area contributed by atoms with Gasteiger partial charge in [-0.2, -0.15) is 13.2 Å². The van der Waals surface area contributed by atoms with Gasteiger partial charge < -0.3 is 5.32 Å². The Kier molecular flexibility index (Phi) is 4.84. The summed E-state index contributed by atoms with van der Waals surface area (Å²) >= 11 is 0. The van der Waals surface area contributed by atoms with Crippen molar-refractivity contribution in [2.75, 3.05) is 6.54 Å². The van der Waals surface area contributed by atoms with Crippen LogP contribution in [0.2, 0.25) is 0 Å². The van der Waals surface area contributed by atoms with Crippen LogP contribution < -0.4 is 5.32 Å². The SMILES string of the molecule is O=C(NCC#Cc1ccccc1)c1ccccc1C(F)(F)F. The molecular formula is C17H12F3NO. The van der Waals surface area contributed by atoms with Crippen molar-refractivity contribution in [3.05, 3.63) is 71.3 Å². The van der Waals surface area contributed by atoms with Gasteiger partial charge in [-0.3, -0.25) is 4.79 Å². The van der Waals surface area contributed by atoms with Gasteiger partial charge in [0.25, 0.3) is 5.91 Å². The summed E-state index contributed by atoms with van der Waals surface area (Å²) in [5.74, 6) is 4.71. The minimum Gasteiger partial charge on any atom is -0.341 e. The third kappa shape index (κ3) is 4.13. The van der Waals surface area contributed by atoms with E-state index in [9.17, 15) is 18.0 Å². The maximum atomic E-state index is 12.8. The molecule has 5 heteroatoms. The fraction of sp³-hybridized carbons (Fsp3) is 0.118. The molecule has 2 aromatic rings. The maximum Gasteiger partial charge on any atom is 0.417 e. The third-order valence-corrected chi connectivity index (χ3v) is 2.82. The zero-order valence-corrected chi connectivity index (χ0v) is 11.4. The van der Waals surface area contributed by atoms with E-state index in [1.807, 2.05) is 18.2 Å². The highest BCUT2D eigenvalue weighted by atomic mass is 19.4. The number of carbonyl (C=O) groups excluding carboxylic acids is 1. The summed E-state index contributed by atoms with van der Waals surface area (Å²) < 4.78 is 38.4. The van der Waals surface area contributed by atoms with Crippen molar-refractivity contribution >= 4 is 5.91 Å². The average Bonchev–Trinajstić information content (AvgIpc) is 2.51. The first-order chi connectivity index (χ1) is 10.5. The van der Waals surface area contributed by atoms with Crippen LogP contribution in [0.1, 0.15) is 21.5 Å². The lowest BCUT2D eigenvalue weighted by molar-refractivity contribution is -0.137. The maximum absolute atomic E-state index is 12.8. The molecule has 0 bridgehead atoms. The summed E-state index contributed by atoms with van der Waals surface area (Å²) in [5, 5.41) is 2.37. The Morgan fingerprint density at radius 2 is 1.64 bits per heavy atom. The largest absolute Gasteiger partial charge is 0.417 e. The van der Waals surface area contributed by atoms with Crippen molar-refractivity contribution in [1.82, 2.24) is 5.32 Å². The Morgan fingerprint density at radius 1 is 1.00 bits per heavy atom. The molecule has 0 saturated heterocycles. The molecule has 0 unspecified atom stereocenters. The molecule has 0 fully saturated rings. The molecule has 2 nitrogen and oxygen atoms in total. The van der Waals surface area contributed by atoms with Crippen molar-refractivity contribution in [1.29, 1.82) is 0 Å². The lowest BCUT2D eigenvalue weighted by Gasteiger charge is -2.11. The Balaban J connectivity index is 2.04. The van der Waals surface area contributed by atoms with E-state index in [-0.39, 0.29) is 6.54 Å². The van der Waals surface area contributed by atoms with Gasteiger partial charge in [0.2, 0.25) is 0 Å². The molecule has 2 rings (SSSR count). The highest BCUT2D eigenvalue weighted by Gasteiger charge is 2.34. The van der Waals surface area contributed by atoms with Gasteiger partial charge in [-0.05, 0) is 24.3 Å². The van der Waals surface area contributed by atoms with Crippen molar-refractivity contribution < 1.29 is 18.0 Å². The van der Waals surface area contributed by atoms with Gasteiger partial charge in [0, 0.05) is 5.56 Å². The molecule has 0 aromatic heterocycles. The minimum absolute atomic E-state index is 0.0279. The Hall–Kier alpha value is -2.74. The molecule has 0 radical (unpaired) electrons. The highest BCUT2D eigenvalue weighted by molar-refractivity contribution is 5.96. The number of carbonyl (C=O) groups is 1. The first-order valence-electron chi connectivity index (χ1n) is 6.47. The summed E-state index contributed by atoms with van der Waals surface area (Å²) in [6.07, 6.45) is -4.57. The zero-order valence-electron chi connectivity index (χ0n) is 11.4. The first kappa shape index (κ1) is 15.6. The second kappa shape index (κ2) is 6.81. The van der Waals surface area contributed by atoms with Crippen molar-refractivity contribution in [2.45, 2.75) is 6.18 Å². The molecule has 2 aromatic carbocycles. The fourth-order valence-corrected chi connectivity index (χ4v) is 1.82. The number of halogens is 3. The normalized spacial score (nSPS) is 10.5. The van der Waals surface area contributed by atoms with Gasteiger partial charge in [-0.15, -0.1) is 0 Å². The summed E-state index contributed by atoms with van der Waals surface area (Å²) in [4.78, 5) is 11.8. The third-order valence-electron chi connectivity index (χ3n) is 2.82. The topological polar surface area (TPSA) is 29.1 Å². The molecule has 22 heavy (non-hydrogen) atoms. The summed E-state index contributed by atoms with van der Waals surface area (Å²) in [6.45, 7) is -0.0279. The van der Waals surface area contributed by atoms with E-state index in [0.29, 0.717) is 0 Å². The van der Waals surface area contributed by atoms with E-state index in [2.05, 4.69) is 17.2 Å². The minimum atomic E-state index is -4.57. The van der Waals surface area contributed by atoms with Gasteiger partial charge >= 0.3 is 6.18 Å². The first-order valence-corrected chi connectivity index (χ1v) is 6.47. The van der Waals surface area contributed by atoms with Gasteiger partial charge in [-0.1, -0.05) is 42.2 Å². The fourth-order valence-electron chi connectivity index (χ4n) is 1.82. The average molecular weight is 303 g/mol. The van der Waals surface area contributed by atoms with Crippen molar-refractivity contribution in [3.8, 4) is 11.8 Å². The number of alkyl halides is 3. The van der Waals surface area contributed by atoms with Crippen LogP contribution in [0.15, 0.2) is 54.6 Å². The van der Waals surface area contributed by atoms with E-state index in [0.717, 1.165) is 17.7 Å². The number of benzene rings is 2. The number of hydrogen-bond acceptors (Lipinski definition) is 1. The Labute approximate surface area is 126 Å². The van der Waals surface area contributed by atoms with E-state index >= 15 is 0 Å². The van der Waals surface area contributed by atoms with Crippen LogP contribution in [-0.2, 0) is 6.18 Å². The predicted octanol–water partition coefficient (Wildman–Crippen LogP) is 3.49. The second-order valence-corrected chi connectivity index (χ2v) is 4.39. The van der Waals surface area contributed by atoms with Gasteiger partial charge in [-0.25, -0.2) is 0 Å². The molecule has 1 N–H and O–H groups in total. The molecule has 1 amide bonds. The van der Waals surface area contributed by atoms with E-state index < -0.39 is 23.2 Å². The zero-order chi connectivity index (χ0) is 16.0. The van der Waals surface area contributed by atoms with Gasteiger partial charge in [0.15, 0.2) is 0 Å². The molecule has 0 heterocycles. The molecular weight excluding hydrogens is 291 g/mol. The summed E-state index contributed by atoms with van der Waals surface area (Å²) in [6, 6.07) is 13.7. The molecule has 0 spiro atoms. The standard InChI is InChI=1S/C17H12F3NO/c18-17(19,20)15-11-5-4-10-14(15)16(22)21-12-6-9-13-7-2-1-3-8-13/h1-5,7-8,10-11H,12H2,(H,21,22). The molecule has 0 aliphatic carbocycles. The summed E-state index contributed by atoms with van der Waals surface area (Å²) in [5.41, 5.74) is -0.590. The smallest absolute Gasteiger partial charge is 0.341 e. The van der Waals surface area contributed by atoms with Crippen LogP contribution in [0.25, 0.3) is 0 Å². The molecule has 0 saturated carbocycles. The van der Waals surface area contributed by atoms with E-state index in [4.69, 9.17) is 0 Å². The lowest BCUT2D eigenvalue weighted by atomic mass is 10.1. The molecule has 112 valence electrons. The summed E-state index contributed by atoms with van der Waals surface area (Å²) in [7, 11) is 0. The monoisotopic (exact) mass is 303 g/mol. The number of amides is 1. The highest BCUT2D eigenvalue weighted by Crippen LogP contribution is 2.31. The molecule has 0 aliphatic heterocycles. The van der Waals surface area contributed by atoms with Gasteiger partial charge in [0.1, 0.15) is 0 Å². The van der Waals surface area contributed by atoms with Crippen LogP contribution in [0.3, 0.4) is 0 Å². The number of hydrogen-bond donors (Lipinski definition) is 1. The lowest BCUT2D eigenvalue weighted by Crippen LogP contribution is -2.26. The number of nitrogens with one attached hydrogen (secondary N) is 1. The second-order valence-electron chi connectivity index (χ2n) is 4.39. The van der Waals surface area contributed by atoms with E-state index in [1.165, 1.54) is 12.1 Å². The predicted molar refractivity (Wildman–Crippen MR) is 77.1 cm³/mol. The number of rotatable bonds is 2. The van der Waals surface area contributed by atoms with Crippen LogP contribution in [0.5, 0.6) is 0 Å². The molecule has 0 aliphatic rings. The van der Waals surface area contributed by atoms with Gasteiger partial charge in [0.05, 0.1) is 17.7 Å². The Morgan fingerprint density at radius 3 is 2.32 bits per heavy atom.